The summed E-state index contributed by atoms with van der Waals surface area (Å²) in [6.45, 7) is 2.99. The van der Waals surface area contributed by atoms with Gasteiger partial charge in [-0.2, -0.15) is 0 Å². The number of hydrogen-bond acceptors (Lipinski definition) is 2. The number of nitrogens with zero attached hydrogens (tertiary/aromatic N) is 1. The van der Waals surface area contributed by atoms with Gasteiger partial charge in [0.15, 0.2) is 0 Å². The number of benzene rings is 1. The van der Waals surface area contributed by atoms with Crippen molar-refractivity contribution in [1.29, 1.82) is 0 Å². The highest BCUT2D eigenvalue weighted by Gasteiger charge is 2.25. The van der Waals surface area contributed by atoms with Gasteiger partial charge in [0, 0.05) is 29.9 Å². The van der Waals surface area contributed by atoms with Crippen molar-refractivity contribution in [3.63, 3.8) is 0 Å². The number of halogens is 1. The molecule has 0 spiro atoms. The van der Waals surface area contributed by atoms with Crippen LogP contribution in [0.2, 0.25) is 5.02 Å². The van der Waals surface area contributed by atoms with E-state index in [1.54, 1.807) is 0 Å². The van der Waals surface area contributed by atoms with Crippen LogP contribution in [0.4, 0.5) is 0 Å². The minimum Gasteiger partial charge on any atom is -0.299 e. The molecule has 104 valence electrons. The molecular weight excluding hydrogens is 258 g/mol. The molecule has 2 nitrogen and oxygen atoms in total. The highest BCUT2D eigenvalue weighted by molar-refractivity contribution is 6.31. The highest BCUT2D eigenvalue weighted by atomic mass is 35.5. The molecule has 1 aliphatic rings. The van der Waals surface area contributed by atoms with Crippen LogP contribution in [0.1, 0.15) is 44.2 Å². The quantitative estimate of drug-likeness (QED) is 0.827. The number of Topliss-reactive ketones (excluding diaryl/α,β-unsaturated/α-hetero) is 1. The zero-order valence-electron chi connectivity index (χ0n) is 11.7. The molecule has 1 aromatic rings. The van der Waals surface area contributed by atoms with E-state index in [0.29, 0.717) is 5.78 Å². The summed E-state index contributed by atoms with van der Waals surface area (Å²) >= 11 is 6.24. The molecule has 0 saturated heterocycles. The lowest BCUT2D eigenvalue weighted by atomic mass is 9.87. The Hall–Kier alpha value is -0.860. The monoisotopic (exact) mass is 279 g/mol. The first-order valence-corrected chi connectivity index (χ1v) is 7.44. The summed E-state index contributed by atoms with van der Waals surface area (Å²) in [5.74, 6) is 0.646. The van der Waals surface area contributed by atoms with Crippen molar-refractivity contribution < 1.29 is 4.79 Å². The summed E-state index contributed by atoms with van der Waals surface area (Å²) < 4.78 is 0. The topological polar surface area (TPSA) is 20.3 Å². The van der Waals surface area contributed by atoms with Crippen LogP contribution in [0.5, 0.6) is 0 Å². The van der Waals surface area contributed by atoms with E-state index in [-0.39, 0.29) is 12.0 Å². The Labute approximate surface area is 120 Å². The summed E-state index contributed by atoms with van der Waals surface area (Å²) in [7, 11) is 2.08. The number of ketones is 1. The molecule has 1 aromatic carbocycles. The van der Waals surface area contributed by atoms with E-state index in [4.69, 9.17) is 11.6 Å². The van der Waals surface area contributed by atoms with Crippen molar-refractivity contribution in [2.75, 3.05) is 13.6 Å². The molecule has 0 N–H and O–H groups in total. The van der Waals surface area contributed by atoms with E-state index in [2.05, 4.69) is 24.9 Å². The average molecular weight is 280 g/mol. The van der Waals surface area contributed by atoms with E-state index >= 15 is 0 Å². The van der Waals surface area contributed by atoms with Gasteiger partial charge in [-0.15, -0.1) is 0 Å². The standard InChI is InChI=1S/C16H22ClNO/c1-12(14-8-4-5-9-15(14)17)18(2)11-13-7-3-6-10-16(13)19/h4-5,8-9,12-13H,3,6-7,10-11H2,1-2H3. The maximum atomic E-state index is 11.9. The second kappa shape index (κ2) is 6.53. The van der Waals surface area contributed by atoms with Crippen LogP contribution in [0.15, 0.2) is 24.3 Å². The molecule has 19 heavy (non-hydrogen) atoms. The van der Waals surface area contributed by atoms with E-state index in [0.717, 1.165) is 36.4 Å². The molecular formula is C16H22ClNO. The van der Waals surface area contributed by atoms with Crippen LogP contribution in [0.25, 0.3) is 0 Å². The normalized spacial score (nSPS) is 21.7. The zero-order chi connectivity index (χ0) is 13.8. The smallest absolute Gasteiger partial charge is 0.137 e. The third-order valence-corrected chi connectivity index (χ3v) is 4.55. The van der Waals surface area contributed by atoms with Gasteiger partial charge in [0.1, 0.15) is 5.78 Å². The second-order valence-corrected chi connectivity index (χ2v) is 5.95. The van der Waals surface area contributed by atoms with Crippen LogP contribution in [0, 0.1) is 5.92 Å². The number of hydrogen-bond donors (Lipinski definition) is 0. The molecule has 0 heterocycles. The van der Waals surface area contributed by atoms with Gasteiger partial charge >= 0.3 is 0 Å². The van der Waals surface area contributed by atoms with Crippen molar-refractivity contribution in [2.45, 2.75) is 38.6 Å². The van der Waals surface area contributed by atoms with Gasteiger partial charge in [0.05, 0.1) is 0 Å². The molecule has 0 aliphatic heterocycles. The lowest BCUT2D eigenvalue weighted by Crippen LogP contribution is -2.34. The minimum absolute atomic E-state index is 0.212. The Morgan fingerprint density at radius 1 is 1.37 bits per heavy atom. The molecule has 2 unspecified atom stereocenters. The largest absolute Gasteiger partial charge is 0.299 e. The predicted octanol–water partition coefficient (Wildman–Crippen LogP) is 4.09. The lowest BCUT2D eigenvalue weighted by molar-refractivity contribution is -0.125. The van der Waals surface area contributed by atoms with Crippen LogP contribution in [-0.4, -0.2) is 24.3 Å². The Bertz CT molecular complexity index is 446. The number of rotatable bonds is 4. The van der Waals surface area contributed by atoms with Gasteiger partial charge in [-0.3, -0.25) is 9.69 Å². The van der Waals surface area contributed by atoms with Gasteiger partial charge in [-0.25, -0.2) is 0 Å². The minimum atomic E-state index is 0.212. The Balaban J connectivity index is 2.01. The molecule has 0 amide bonds. The van der Waals surface area contributed by atoms with Crippen molar-refractivity contribution in [2.24, 2.45) is 5.92 Å². The number of carbonyl (C=O) groups excluding carboxylic acids is 1. The van der Waals surface area contributed by atoms with Gasteiger partial charge in [-0.1, -0.05) is 36.2 Å². The lowest BCUT2D eigenvalue weighted by Gasteiger charge is -2.30. The van der Waals surface area contributed by atoms with E-state index in [1.807, 2.05) is 18.2 Å². The summed E-state index contributed by atoms with van der Waals surface area (Å²) in [5, 5.41) is 0.803. The predicted molar refractivity (Wildman–Crippen MR) is 79.5 cm³/mol. The molecule has 0 radical (unpaired) electrons. The first-order valence-electron chi connectivity index (χ1n) is 7.07. The summed E-state index contributed by atoms with van der Waals surface area (Å²) in [6.07, 6.45) is 4.06. The SMILES string of the molecule is CC(c1ccccc1Cl)N(C)CC1CCCCC1=O. The van der Waals surface area contributed by atoms with Crippen LogP contribution >= 0.6 is 11.6 Å². The third-order valence-electron chi connectivity index (χ3n) is 4.21. The van der Waals surface area contributed by atoms with Crippen molar-refractivity contribution in [3.05, 3.63) is 34.9 Å². The third kappa shape index (κ3) is 3.58. The average Bonchev–Trinajstić information content (AvgIpc) is 2.41. The number of carbonyl (C=O) groups is 1. The Morgan fingerprint density at radius 2 is 2.11 bits per heavy atom. The summed E-state index contributed by atoms with van der Waals surface area (Å²) in [6, 6.07) is 8.18. The van der Waals surface area contributed by atoms with Gasteiger partial charge in [-0.05, 0) is 38.4 Å². The van der Waals surface area contributed by atoms with Gasteiger partial charge in [0.25, 0.3) is 0 Å². The second-order valence-electron chi connectivity index (χ2n) is 5.55. The maximum Gasteiger partial charge on any atom is 0.137 e. The molecule has 0 bridgehead atoms. The molecule has 1 saturated carbocycles. The van der Waals surface area contributed by atoms with Gasteiger partial charge in [0.2, 0.25) is 0 Å². The first kappa shape index (κ1) is 14.5. The van der Waals surface area contributed by atoms with Crippen LogP contribution < -0.4 is 0 Å². The Morgan fingerprint density at radius 3 is 2.79 bits per heavy atom. The van der Waals surface area contributed by atoms with E-state index < -0.39 is 0 Å². The van der Waals surface area contributed by atoms with Crippen molar-refractivity contribution in [1.82, 2.24) is 4.90 Å². The van der Waals surface area contributed by atoms with E-state index in [9.17, 15) is 4.79 Å². The summed E-state index contributed by atoms with van der Waals surface area (Å²) in [5.41, 5.74) is 1.13. The van der Waals surface area contributed by atoms with Crippen LogP contribution in [-0.2, 0) is 4.79 Å². The first-order chi connectivity index (χ1) is 9.09. The van der Waals surface area contributed by atoms with E-state index in [1.165, 1.54) is 6.42 Å². The van der Waals surface area contributed by atoms with Crippen molar-refractivity contribution >= 4 is 17.4 Å². The fourth-order valence-electron chi connectivity index (χ4n) is 2.81. The highest BCUT2D eigenvalue weighted by Crippen LogP contribution is 2.28. The van der Waals surface area contributed by atoms with Gasteiger partial charge < -0.3 is 0 Å². The molecule has 2 atom stereocenters. The van der Waals surface area contributed by atoms with Crippen LogP contribution in [0.3, 0.4) is 0 Å². The molecule has 1 fully saturated rings. The maximum absolute atomic E-state index is 11.9. The molecule has 1 aliphatic carbocycles. The zero-order valence-corrected chi connectivity index (χ0v) is 12.5. The Kier molecular flexibility index (Phi) is 5.00. The fourth-order valence-corrected chi connectivity index (χ4v) is 3.10. The summed E-state index contributed by atoms with van der Waals surface area (Å²) in [4.78, 5) is 14.1. The fraction of sp³-hybridized carbons (Fsp3) is 0.562. The van der Waals surface area contributed by atoms with Crippen molar-refractivity contribution in [3.8, 4) is 0 Å². The molecule has 2 rings (SSSR count). The molecule has 0 aromatic heterocycles. The molecule has 3 heteroatoms.